The highest BCUT2D eigenvalue weighted by Crippen LogP contribution is 2.29. The van der Waals surface area contributed by atoms with E-state index in [2.05, 4.69) is 5.32 Å². The second-order valence-corrected chi connectivity index (χ2v) is 3.93. The molecule has 1 aromatic rings. The first-order valence-corrected chi connectivity index (χ1v) is 5.36. The van der Waals surface area contributed by atoms with E-state index in [4.69, 9.17) is 10.00 Å². The lowest BCUT2D eigenvalue weighted by molar-refractivity contribution is -0.386. The Balaban J connectivity index is 2.27. The topological polar surface area (TPSA) is 108 Å². The largest absolute Gasteiger partial charge is 0.479 e. The predicted octanol–water partition coefficient (Wildman–Crippen LogP) is 0.178. The number of β-amino-alcohol motifs (C(OH)–C–C–N with tert-alkyl or cyclic N) is 1. The summed E-state index contributed by atoms with van der Waals surface area (Å²) in [4.78, 5) is 10.3. The second kappa shape index (κ2) is 5.00. The first-order valence-electron chi connectivity index (χ1n) is 5.36. The molecule has 18 heavy (non-hydrogen) atoms. The SMILES string of the molecule is N#Cc1ccc(OC2CNCC2O)c([N+](=O)[O-])c1. The van der Waals surface area contributed by atoms with Gasteiger partial charge in [-0.1, -0.05) is 0 Å². The van der Waals surface area contributed by atoms with E-state index in [1.165, 1.54) is 12.1 Å². The molecule has 0 amide bonds. The van der Waals surface area contributed by atoms with Gasteiger partial charge in [-0.15, -0.1) is 0 Å². The number of nitrogens with one attached hydrogen (secondary N) is 1. The third-order valence-electron chi connectivity index (χ3n) is 2.69. The van der Waals surface area contributed by atoms with E-state index < -0.39 is 17.1 Å². The van der Waals surface area contributed by atoms with Gasteiger partial charge in [0.15, 0.2) is 5.75 Å². The van der Waals surface area contributed by atoms with E-state index >= 15 is 0 Å². The summed E-state index contributed by atoms with van der Waals surface area (Å²) in [5.74, 6) is 0.0618. The fourth-order valence-corrected chi connectivity index (χ4v) is 1.75. The van der Waals surface area contributed by atoms with Crippen LogP contribution in [0.1, 0.15) is 5.56 Å². The van der Waals surface area contributed by atoms with Gasteiger partial charge in [-0.05, 0) is 12.1 Å². The minimum atomic E-state index is -0.694. The van der Waals surface area contributed by atoms with Crippen molar-refractivity contribution in [3.63, 3.8) is 0 Å². The minimum absolute atomic E-state index is 0.0618. The smallest absolute Gasteiger partial charge is 0.312 e. The van der Waals surface area contributed by atoms with Gasteiger partial charge in [-0.25, -0.2) is 0 Å². The molecule has 7 nitrogen and oxygen atoms in total. The van der Waals surface area contributed by atoms with Crippen molar-refractivity contribution in [1.82, 2.24) is 5.32 Å². The summed E-state index contributed by atoms with van der Waals surface area (Å²) in [6, 6.07) is 5.81. The average Bonchev–Trinajstić information content (AvgIpc) is 2.75. The fourth-order valence-electron chi connectivity index (χ4n) is 1.75. The molecule has 0 saturated carbocycles. The van der Waals surface area contributed by atoms with Crippen LogP contribution in [-0.4, -0.2) is 35.3 Å². The Morgan fingerprint density at radius 1 is 1.56 bits per heavy atom. The predicted molar refractivity (Wildman–Crippen MR) is 61.1 cm³/mol. The zero-order valence-electron chi connectivity index (χ0n) is 9.37. The Bertz CT molecular complexity index is 512. The van der Waals surface area contributed by atoms with E-state index in [-0.39, 0.29) is 17.0 Å². The number of rotatable bonds is 3. The van der Waals surface area contributed by atoms with Crippen LogP contribution >= 0.6 is 0 Å². The van der Waals surface area contributed by atoms with Gasteiger partial charge in [0.2, 0.25) is 0 Å². The zero-order chi connectivity index (χ0) is 13.1. The van der Waals surface area contributed by atoms with Crippen LogP contribution < -0.4 is 10.1 Å². The lowest BCUT2D eigenvalue weighted by atomic mass is 10.2. The van der Waals surface area contributed by atoms with E-state index in [0.717, 1.165) is 6.07 Å². The van der Waals surface area contributed by atoms with E-state index in [9.17, 15) is 15.2 Å². The number of hydrogen-bond donors (Lipinski definition) is 2. The van der Waals surface area contributed by atoms with Gasteiger partial charge in [0.25, 0.3) is 0 Å². The van der Waals surface area contributed by atoms with E-state index in [0.29, 0.717) is 13.1 Å². The highest BCUT2D eigenvalue weighted by atomic mass is 16.6. The fraction of sp³-hybridized carbons (Fsp3) is 0.364. The Labute approximate surface area is 103 Å². The van der Waals surface area contributed by atoms with Gasteiger partial charge in [-0.3, -0.25) is 10.1 Å². The van der Waals surface area contributed by atoms with Crippen molar-refractivity contribution in [3.8, 4) is 11.8 Å². The van der Waals surface area contributed by atoms with Crippen LogP contribution in [0.25, 0.3) is 0 Å². The lowest BCUT2D eigenvalue weighted by Crippen LogP contribution is -2.30. The first kappa shape index (κ1) is 12.3. The van der Waals surface area contributed by atoms with E-state index in [1.54, 1.807) is 0 Å². The molecule has 1 saturated heterocycles. The van der Waals surface area contributed by atoms with Crippen LogP contribution in [0.3, 0.4) is 0 Å². The quantitative estimate of drug-likeness (QED) is 0.584. The number of benzene rings is 1. The summed E-state index contributed by atoms with van der Waals surface area (Å²) < 4.78 is 5.42. The second-order valence-electron chi connectivity index (χ2n) is 3.93. The van der Waals surface area contributed by atoms with Crippen molar-refractivity contribution >= 4 is 5.69 Å². The van der Waals surface area contributed by atoms with Crippen LogP contribution in [0, 0.1) is 21.4 Å². The molecule has 2 rings (SSSR count). The molecule has 94 valence electrons. The molecule has 2 unspecified atom stereocenters. The third-order valence-corrected chi connectivity index (χ3v) is 2.69. The minimum Gasteiger partial charge on any atom is -0.479 e. The maximum atomic E-state index is 10.9. The van der Waals surface area contributed by atoms with Crippen molar-refractivity contribution in [3.05, 3.63) is 33.9 Å². The van der Waals surface area contributed by atoms with Gasteiger partial charge >= 0.3 is 5.69 Å². The van der Waals surface area contributed by atoms with Gasteiger partial charge in [-0.2, -0.15) is 5.26 Å². The molecule has 0 radical (unpaired) electrons. The molecular weight excluding hydrogens is 238 g/mol. The Hall–Kier alpha value is -2.17. The molecule has 0 aromatic heterocycles. The van der Waals surface area contributed by atoms with Crippen molar-refractivity contribution in [2.45, 2.75) is 12.2 Å². The third kappa shape index (κ3) is 2.40. The summed E-state index contributed by atoms with van der Waals surface area (Å²) in [6.45, 7) is 0.826. The number of nitro benzene ring substituents is 1. The number of aliphatic hydroxyl groups excluding tert-OH is 1. The van der Waals surface area contributed by atoms with Gasteiger partial charge in [0.1, 0.15) is 12.2 Å². The lowest BCUT2D eigenvalue weighted by Gasteiger charge is -2.15. The highest BCUT2D eigenvalue weighted by Gasteiger charge is 2.29. The number of aliphatic hydroxyl groups is 1. The summed E-state index contributed by atoms with van der Waals surface area (Å²) >= 11 is 0. The van der Waals surface area contributed by atoms with E-state index in [1.807, 2.05) is 6.07 Å². The van der Waals surface area contributed by atoms with Crippen LogP contribution in [0.4, 0.5) is 5.69 Å². The monoisotopic (exact) mass is 249 g/mol. The number of hydrogen-bond acceptors (Lipinski definition) is 6. The first-order chi connectivity index (χ1) is 8.61. The number of nitro groups is 1. The molecule has 2 N–H and O–H groups in total. The molecule has 1 aromatic carbocycles. The van der Waals surface area contributed by atoms with Crippen molar-refractivity contribution in [2.75, 3.05) is 13.1 Å². The molecule has 1 fully saturated rings. The maximum absolute atomic E-state index is 10.9. The molecule has 1 aliphatic rings. The molecule has 0 bridgehead atoms. The van der Waals surface area contributed by atoms with Gasteiger partial charge in [0.05, 0.1) is 16.6 Å². The standard InChI is InChI=1S/C11H11N3O4/c12-4-7-1-2-10(8(3-7)14(16)17)18-11-6-13-5-9(11)15/h1-3,9,11,13,15H,5-6H2. The van der Waals surface area contributed by atoms with Crippen molar-refractivity contribution in [2.24, 2.45) is 0 Å². The van der Waals surface area contributed by atoms with Crippen molar-refractivity contribution in [1.29, 1.82) is 5.26 Å². The number of nitriles is 1. The van der Waals surface area contributed by atoms with Crippen molar-refractivity contribution < 1.29 is 14.8 Å². The van der Waals surface area contributed by atoms with Crippen LogP contribution in [0.5, 0.6) is 5.75 Å². The zero-order valence-corrected chi connectivity index (χ0v) is 9.37. The molecule has 0 spiro atoms. The molecule has 2 atom stereocenters. The Kier molecular flexibility index (Phi) is 3.41. The van der Waals surface area contributed by atoms with Gasteiger partial charge in [0, 0.05) is 19.2 Å². The number of ether oxygens (including phenoxy) is 1. The Morgan fingerprint density at radius 2 is 2.33 bits per heavy atom. The average molecular weight is 249 g/mol. The summed E-state index contributed by atoms with van der Waals surface area (Å²) in [5, 5.41) is 32.1. The molecule has 7 heteroatoms. The molecule has 1 aliphatic heterocycles. The highest BCUT2D eigenvalue weighted by molar-refractivity contribution is 5.51. The molecule has 1 heterocycles. The summed E-state index contributed by atoms with van der Waals surface area (Å²) in [5.41, 5.74) is -0.0766. The Morgan fingerprint density at radius 3 is 2.89 bits per heavy atom. The van der Waals surface area contributed by atoms with Crippen LogP contribution in [0.15, 0.2) is 18.2 Å². The maximum Gasteiger partial charge on any atom is 0.312 e. The van der Waals surface area contributed by atoms with Crippen LogP contribution in [-0.2, 0) is 0 Å². The molecule has 0 aliphatic carbocycles. The number of nitrogens with zero attached hydrogens (tertiary/aromatic N) is 2. The summed E-state index contributed by atoms with van der Waals surface area (Å²) in [6.07, 6.45) is -1.21. The van der Waals surface area contributed by atoms with Crippen LogP contribution in [0.2, 0.25) is 0 Å². The van der Waals surface area contributed by atoms with Gasteiger partial charge < -0.3 is 15.2 Å². The summed E-state index contributed by atoms with van der Waals surface area (Å²) in [7, 11) is 0. The molecular formula is C11H11N3O4. The normalized spacial score (nSPS) is 22.4.